The highest BCUT2D eigenvalue weighted by Crippen LogP contribution is 2.32. The van der Waals surface area contributed by atoms with Gasteiger partial charge in [-0.3, -0.25) is 0 Å². The van der Waals surface area contributed by atoms with Crippen molar-refractivity contribution in [3.8, 4) is 5.75 Å². The van der Waals surface area contributed by atoms with E-state index in [1.165, 1.54) is 0 Å². The first kappa shape index (κ1) is 16.2. The maximum Gasteiger partial charge on any atom is 0.121 e. The molecule has 21 heavy (non-hydrogen) atoms. The summed E-state index contributed by atoms with van der Waals surface area (Å²) in [5, 5.41) is 4.85. The molecule has 112 valence electrons. The highest BCUT2D eigenvalue weighted by molar-refractivity contribution is 6.33. The van der Waals surface area contributed by atoms with Crippen LogP contribution in [0.15, 0.2) is 36.4 Å². The Kier molecular flexibility index (Phi) is 5.51. The third-order valence-corrected chi connectivity index (χ3v) is 4.01. The molecular weight excluding hydrogens is 305 g/mol. The van der Waals surface area contributed by atoms with Gasteiger partial charge in [-0.2, -0.15) is 0 Å². The highest BCUT2D eigenvalue weighted by atomic mass is 35.5. The Labute approximate surface area is 136 Å². The summed E-state index contributed by atoms with van der Waals surface area (Å²) in [6.07, 6.45) is 0. The van der Waals surface area contributed by atoms with Crippen molar-refractivity contribution >= 4 is 23.2 Å². The minimum absolute atomic E-state index is 0.00538. The minimum atomic E-state index is 0.00538. The number of rotatable bonds is 5. The van der Waals surface area contributed by atoms with E-state index in [9.17, 15) is 0 Å². The molecule has 0 bridgehead atoms. The van der Waals surface area contributed by atoms with Crippen LogP contribution in [0, 0.1) is 6.92 Å². The molecule has 0 aliphatic heterocycles. The van der Waals surface area contributed by atoms with Crippen molar-refractivity contribution in [1.82, 2.24) is 5.32 Å². The smallest absolute Gasteiger partial charge is 0.121 e. The second-order valence-electron chi connectivity index (χ2n) is 4.89. The van der Waals surface area contributed by atoms with Crippen molar-refractivity contribution in [2.24, 2.45) is 0 Å². The number of hydrogen-bond donors (Lipinski definition) is 1. The van der Waals surface area contributed by atoms with Crippen LogP contribution in [0.2, 0.25) is 10.0 Å². The van der Waals surface area contributed by atoms with Crippen LogP contribution in [0.5, 0.6) is 5.75 Å². The summed E-state index contributed by atoms with van der Waals surface area (Å²) in [5.41, 5.74) is 3.21. The minimum Gasteiger partial charge on any atom is -0.496 e. The fourth-order valence-corrected chi connectivity index (χ4v) is 2.84. The molecule has 0 amide bonds. The van der Waals surface area contributed by atoms with Crippen LogP contribution in [0.25, 0.3) is 0 Å². The number of methoxy groups -OCH3 is 1. The lowest BCUT2D eigenvalue weighted by atomic mass is 9.97. The Bertz CT molecular complexity index is 628. The first-order valence-electron chi connectivity index (χ1n) is 6.89. The van der Waals surface area contributed by atoms with Gasteiger partial charge in [0.1, 0.15) is 5.75 Å². The lowest BCUT2D eigenvalue weighted by molar-refractivity contribution is 0.411. The van der Waals surface area contributed by atoms with Crippen LogP contribution < -0.4 is 10.1 Å². The second kappa shape index (κ2) is 7.17. The van der Waals surface area contributed by atoms with Gasteiger partial charge in [-0.15, -0.1) is 0 Å². The van der Waals surface area contributed by atoms with E-state index in [-0.39, 0.29) is 6.04 Å². The van der Waals surface area contributed by atoms with Gasteiger partial charge in [-0.05, 0) is 54.4 Å². The van der Waals surface area contributed by atoms with E-state index in [1.54, 1.807) is 13.2 Å². The van der Waals surface area contributed by atoms with Gasteiger partial charge in [0.25, 0.3) is 0 Å². The van der Waals surface area contributed by atoms with Crippen molar-refractivity contribution in [2.45, 2.75) is 19.9 Å². The van der Waals surface area contributed by atoms with E-state index in [2.05, 4.69) is 24.4 Å². The van der Waals surface area contributed by atoms with E-state index < -0.39 is 0 Å². The number of benzene rings is 2. The zero-order valence-electron chi connectivity index (χ0n) is 12.4. The normalized spacial score (nSPS) is 12.2. The van der Waals surface area contributed by atoms with Gasteiger partial charge in [-0.25, -0.2) is 0 Å². The molecule has 0 heterocycles. The van der Waals surface area contributed by atoms with Crippen LogP contribution in [0.1, 0.15) is 29.7 Å². The molecule has 0 saturated carbocycles. The summed E-state index contributed by atoms with van der Waals surface area (Å²) < 4.78 is 5.32. The average molecular weight is 324 g/mol. The Morgan fingerprint density at radius 2 is 1.90 bits per heavy atom. The fraction of sp³-hybridized carbons (Fsp3) is 0.294. The van der Waals surface area contributed by atoms with Gasteiger partial charge >= 0.3 is 0 Å². The Morgan fingerprint density at radius 3 is 2.52 bits per heavy atom. The summed E-state index contributed by atoms with van der Waals surface area (Å²) in [5.74, 6) is 0.881. The highest BCUT2D eigenvalue weighted by Gasteiger charge is 2.17. The summed E-state index contributed by atoms with van der Waals surface area (Å²) >= 11 is 12.5. The molecule has 0 radical (unpaired) electrons. The number of halogens is 2. The van der Waals surface area contributed by atoms with Crippen molar-refractivity contribution in [1.29, 1.82) is 0 Å². The molecule has 1 atom stereocenters. The third kappa shape index (κ3) is 3.70. The van der Waals surface area contributed by atoms with Gasteiger partial charge in [0.05, 0.1) is 13.2 Å². The number of nitrogens with one attached hydrogen (secondary N) is 1. The molecule has 2 nitrogen and oxygen atoms in total. The molecule has 0 aromatic heterocycles. The summed E-state index contributed by atoms with van der Waals surface area (Å²) in [7, 11) is 1.68. The zero-order valence-corrected chi connectivity index (χ0v) is 13.9. The third-order valence-electron chi connectivity index (χ3n) is 3.43. The van der Waals surface area contributed by atoms with Crippen LogP contribution >= 0.6 is 23.2 Å². The van der Waals surface area contributed by atoms with E-state index in [0.29, 0.717) is 10.0 Å². The molecule has 2 aromatic carbocycles. The zero-order chi connectivity index (χ0) is 15.4. The van der Waals surface area contributed by atoms with Crippen molar-refractivity contribution in [3.63, 3.8) is 0 Å². The lowest BCUT2D eigenvalue weighted by Crippen LogP contribution is -2.22. The summed E-state index contributed by atoms with van der Waals surface area (Å²) in [6.45, 7) is 4.94. The van der Waals surface area contributed by atoms with E-state index in [1.807, 2.05) is 25.1 Å². The quantitative estimate of drug-likeness (QED) is 0.835. The molecule has 0 saturated heterocycles. The number of hydrogen-bond acceptors (Lipinski definition) is 2. The Balaban J connectivity index is 2.48. The largest absolute Gasteiger partial charge is 0.496 e. The molecule has 2 aromatic rings. The van der Waals surface area contributed by atoms with E-state index >= 15 is 0 Å². The summed E-state index contributed by atoms with van der Waals surface area (Å²) in [4.78, 5) is 0. The van der Waals surface area contributed by atoms with E-state index in [4.69, 9.17) is 27.9 Å². The topological polar surface area (TPSA) is 21.3 Å². The monoisotopic (exact) mass is 323 g/mol. The first-order chi connectivity index (χ1) is 10.1. The Hall–Kier alpha value is -1.22. The van der Waals surface area contributed by atoms with Crippen LogP contribution in [-0.4, -0.2) is 13.7 Å². The van der Waals surface area contributed by atoms with E-state index in [0.717, 1.165) is 29.0 Å². The molecule has 0 fully saturated rings. The number of ether oxygens (including phenoxy) is 1. The standard InChI is InChI=1S/C17H19Cl2NO/c1-4-20-17(14-10-13(18)6-7-15(14)19)12-5-8-16(21-3)11(2)9-12/h5-10,17,20H,4H2,1-3H3. The average Bonchev–Trinajstić information content (AvgIpc) is 2.47. The maximum absolute atomic E-state index is 6.35. The van der Waals surface area contributed by atoms with Gasteiger partial charge in [-0.1, -0.05) is 42.3 Å². The predicted molar refractivity (Wildman–Crippen MR) is 89.7 cm³/mol. The molecule has 2 rings (SSSR count). The van der Waals surface area contributed by atoms with Crippen molar-refractivity contribution in [2.75, 3.05) is 13.7 Å². The van der Waals surface area contributed by atoms with Crippen molar-refractivity contribution in [3.05, 3.63) is 63.1 Å². The fourth-order valence-electron chi connectivity index (χ4n) is 2.43. The summed E-state index contributed by atoms with van der Waals surface area (Å²) in [6, 6.07) is 11.7. The molecule has 1 N–H and O–H groups in total. The maximum atomic E-state index is 6.35. The van der Waals surface area contributed by atoms with Gasteiger partial charge < -0.3 is 10.1 Å². The second-order valence-corrected chi connectivity index (χ2v) is 5.73. The Morgan fingerprint density at radius 1 is 1.14 bits per heavy atom. The first-order valence-corrected chi connectivity index (χ1v) is 7.65. The molecule has 0 aliphatic carbocycles. The van der Waals surface area contributed by atoms with Crippen LogP contribution in [-0.2, 0) is 0 Å². The molecule has 4 heteroatoms. The van der Waals surface area contributed by atoms with Crippen LogP contribution in [0.3, 0.4) is 0 Å². The van der Waals surface area contributed by atoms with Gasteiger partial charge in [0.2, 0.25) is 0 Å². The molecule has 1 unspecified atom stereocenters. The number of aryl methyl sites for hydroxylation is 1. The van der Waals surface area contributed by atoms with Crippen LogP contribution in [0.4, 0.5) is 0 Å². The van der Waals surface area contributed by atoms with Gasteiger partial charge in [0, 0.05) is 10.0 Å². The predicted octanol–water partition coefficient (Wildman–Crippen LogP) is 5.01. The lowest BCUT2D eigenvalue weighted by Gasteiger charge is -2.21. The molecule has 0 spiro atoms. The SMILES string of the molecule is CCNC(c1ccc(OC)c(C)c1)c1cc(Cl)ccc1Cl. The van der Waals surface area contributed by atoms with Gasteiger partial charge in [0.15, 0.2) is 0 Å². The van der Waals surface area contributed by atoms with Crippen molar-refractivity contribution < 1.29 is 4.74 Å². The molecule has 0 aliphatic rings. The molecular formula is C17H19Cl2NO.